The van der Waals surface area contributed by atoms with Crippen molar-refractivity contribution < 1.29 is 9.53 Å². The molecule has 1 aromatic heterocycles. The van der Waals surface area contributed by atoms with Gasteiger partial charge in [-0.2, -0.15) is 0 Å². The number of nitrogens with zero attached hydrogens (tertiary/aromatic N) is 4. The van der Waals surface area contributed by atoms with E-state index in [-0.39, 0.29) is 5.91 Å². The second-order valence-electron chi connectivity index (χ2n) is 6.98. The van der Waals surface area contributed by atoms with Gasteiger partial charge < -0.3 is 15.0 Å². The minimum Gasteiger partial charge on any atom is -0.493 e. The second-order valence-corrected chi connectivity index (χ2v) is 6.98. The molecule has 27 heavy (non-hydrogen) atoms. The molecule has 0 unspecified atom stereocenters. The zero-order valence-electron chi connectivity index (χ0n) is 15.4. The standard InChI is InChI=1S/C20H25N5O2/c26-19(23-14-16-4-5-18-17(13-16)3-1-12-27-18)15-24-8-10-25(11-9-24)20-21-6-2-7-22-20/h2,4-7,13H,1,3,8-12,14-15H2,(H,23,26). The summed E-state index contributed by atoms with van der Waals surface area (Å²) in [4.78, 5) is 25.2. The lowest BCUT2D eigenvalue weighted by atomic mass is 10.0. The summed E-state index contributed by atoms with van der Waals surface area (Å²) in [6, 6.07) is 8.01. The van der Waals surface area contributed by atoms with Gasteiger partial charge in [-0.05, 0) is 36.1 Å². The van der Waals surface area contributed by atoms with Gasteiger partial charge in [0.25, 0.3) is 0 Å². The van der Waals surface area contributed by atoms with Crippen LogP contribution in [0, 0.1) is 0 Å². The van der Waals surface area contributed by atoms with Gasteiger partial charge in [-0.3, -0.25) is 9.69 Å². The molecular weight excluding hydrogens is 342 g/mol. The average molecular weight is 367 g/mol. The third-order valence-corrected chi connectivity index (χ3v) is 5.04. The SMILES string of the molecule is O=C(CN1CCN(c2ncccn2)CC1)NCc1ccc2c(c1)CCCO2. The molecule has 1 fully saturated rings. The molecule has 1 aromatic carbocycles. The fraction of sp³-hybridized carbons (Fsp3) is 0.450. The van der Waals surface area contributed by atoms with E-state index in [1.807, 2.05) is 18.2 Å². The summed E-state index contributed by atoms with van der Waals surface area (Å²) in [5, 5.41) is 3.04. The first kappa shape index (κ1) is 17.7. The molecule has 2 aromatic rings. The minimum absolute atomic E-state index is 0.0633. The number of amides is 1. The first-order valence-electron chi connectivity index (χ1n) is 9.53. The van der Waals surface area contributed by atoms with E-state index >= 15 is 0 Å². The number of rotatable bonds is 5. The van der Waals surface area contributed by atoms with Gasteiger partial charge in [0.15, 0.2) is 0 Å². The number of anilines is 1. The van der Waals surface area contributed by atoms with E-state index in [1.54, 1.807) is 12.4 Å². The predicted octanol–water partition coefficient (Wildman–Crippen LogP) is 1.24. The van der Waals surface area contributed by atoms with Gasteiger partial charge in [0.05, 0.1) is 13.2 Å². The van der Waals surface area contributed by atoms with Crippen molar-refractivity contribution in [2.24, 2.45) is 0 Å². The van der Waals surface area contributed by atoms with Crippen LogP contribution in [0.25, 0.3) is 0 Å². The fourth-order valence-electron chi connectivity index (χ4n) is 3.54. The number of hydrogen-bond acceptors (Lipinski definition) is 6. The lowest BCUT2D eigenvalue weighted by Crippen LogP contribution is -2.49. The van der Waals surface area contributed by atoms with E-state index in [9.17, 15) is 4.79 Å². The Bertz CT molecular complexity index is 775. The van der Waals surface area contributed by atoms with Crippen LogP contribution >= 0.6 is 0 Å². The van der Waals surface area contributed by atoms with Gasteiger partial charge in [-0.1, -0.05) is 12.1 Å². The number of aromatic nitrogens is 2. The van der Waals surface area contributed by atoms with Crippen molar-refractivity contribution in [2.45, 2.75) is 19.4 Å². The molecule has 1 amide bonds. The lowest BCUT2D eigenvalue weighted by molar-refractivity contribution is -0.122. The zero-order chi connectivity index (χ0) is 18.5. The van der Waals surface area contributed by atoms with E-state index in [2.05, 4.69) is 31.2 Å². The van der Waals surface area contributed by atoms with Crippen LogP contribution in [0.3, 0.4) is 0 Å². The van der Waals surface area contributed by atoms with Gasteiger partial charge >= 0.3 is 0 Å². The Kier molecular flexibility index (Phi) is 5.48. The highest BCUT2D eigenvalue weighted by molar-refractivity contribution is 5.78. The number of benzene rings is 1. The summed E-state index contributed by atoms with van der Waals surface area (Å²) < 4.78 is 5.64. The second kappa shape index (κ2) is 8.35. The first-order valence-corrected chi connectivity index (χ1v) is 9.53. The molecule has 2 aliphatic rings. The summed E-state index contributed by atoms with van der Waals surface area (Å²) in [5.74, 6) is 1.81. The molecule has 0 radical (unpaired) electrons. The van der Waals surface area contributed by atoms with Crippen molar-refractivity contribution in [1.29, 1.82) is 0 Å². The summed E-state index contributed by atoms with van der Waals surface area (Å²) in [7, 11) is 0. The number of carbonyl (C=O) groups is 1. The van der Waals surface area contributed by atoms with Gasteiger partial charge in [-0.25, -0.2) is 9.97 Å². The zero-order valence-corrected chi connectivity index (χ0v) is 15.4. The van der Waals surface area contributed by atoms with E-state index in [0.29, 0.717) is 13.1 Å². The third-order valence-electron chi connectivity index (χ3n) is 5.04. The normalized spacial score (nSPS) is 17.1. The number of carbonyl (C=O) groups excluding carboxylic acids is 1. The molecule has 7 heteroatoms. The molecule has 0 aliphatic carbocycles. The Morgan fingerprint density at radius 2 is 1.96 bits per heavy atom. The van der Waals surface area contributed by atoms with Crippen LogP contribution in [0.5, 0.6) is 5.75 Å². The highest BCUT2D eigenvalue weighted by Crippen LogP contribution is 2.25. The molecule has 1 saturated heterocycles. The number of hydrogen-bond donors (Lipinski definition) is 1. The van der Waals surface area contributed by atoms with Crippen LogP contribution in [0.2, 0.25) is 0 Å². The highest BCUT2D eigenvalue weighted by Gasteiger charge is 2.20. The average Bonchev–Trinajstić information content (AvgIpc) is 2.73. The Morgan fingerprint density at radius 3 is 2.78 bits per heavy atom. The van der Waals surface area contributed by atoms with Crippen molar-refractivity contribution in [3.63, 3.8) is 0 Å². The van der Waals surface area contributed by atoms with Crippen LogP contribution < -0.4 is 15.0 Å². The van der Waals surface area contributed by atoms with Crippen LogP contribution in [0.15, 0.2) is 36.7 Å². The quantitative estimate of drug-likeness (QED) is 0.857. The maximum absolute atomic E-state index is 12.3. The van der Waals surface area contributed by atoms with Gasteiger partial charge in [0.1, 0.15) is 5.75 Å². The van der Waals surface area contributed by atoms with E-state index in [0.717, 1.165) is 62.9 Å². The molecule has 1 N–H and O–H groups in total. The minimum atomic E-state index is 0.0633. The number of nitrogens with one attached hydrogen (secondary N) is 1. The molecule has 2 aliphatic heterocycles. The smallest absolute Gasteiger partial charge is 0.234 e. The maximum Gasteiger partial charge on any atom is 0.234 e. The summed E-state index contributed by atoms with van der Waals surface area (Å²) in [5.41, 5.74) is 2.37. The number of piperazine rings is 1. The Morgan fingerprint density at radius 1 is 1.15 bits per heavy atom. The molecule has 3 heterocycles. The van der Waals surface area contributed by atoms with Gasteiger partial charge in [0.2, 0.25) is 11.9 Å². The molecular formula is C20H25N5O2. The molecule has 142 valence electrons. The summed E-state index contributed by atoms with van der Waals surface area (Å²) in [6.07, 6.45) is 5.62. The van der Waals surface area contributed by atoms with Gasteiger partial charge in [0, 0.05) is 45.1 Å². The van der Waals surface area contributed by atoms with Crippen LogP contribution in [-0.4, -0.2) is 60.1 Å². The monoisotopic (exact) mass is 367 g/mol. The van der Waals surface area contributed by atoms with Crippen molar-refractivity contribution >= 4 is 11.9 Å². The van der Waals surface area contributed by atoms with Gasteiger partial charge in [-0.15, -0.1) is 0 Å². The number of aryl methyl sites for hydroxylation is 1. The van der Waals surface area contributed by atoms with E-state index in [4.69, 9.17) is 4.74 Å². The largest absolute Gasteiger partial charge is 0.493 e. The van der Waals surface area contributed by atoms with Crippen LogP contribution in [0.4, 0.5) is 5.95 Å². The highest BCUT2D eigenvalue weighted by atomic mass is 16.5. The fourth-order valence-corrected chi connectivity index (χ4v) is 3.54. The Balaban J connectivity index is 1.22. The maximum atomic E-state index is 12.3. The molecule has 0 atom stereocenters. The predicted molar refractivity (Wildman–Crippen MR) is 103 cm³/mol. The number of ether oxygens (including phenoxy) is 1. The number of fused-ring (bicyclic) bond motifs is 1. The van der Waals surface area contributed by atoms with Crippen LogP contribution in [-0.2, 0) is 17.8 Å². The van der Waals surface area contributed by atoms with E-state index in [1.165, 1.54) is 5.56 Å². The van der Waals surface area contributed by atoms with Crippen molar-refractivity contribution in [2.75, 3.05) is 44.2 Å². The molecule has 0 spiro atoms. The molecule has 0 saturated carbocycles. The summed E-state index contributed by atoms with van der Waals surface area (Å²) in [6.45, 7) is 5.13. The summed E-state index contributed by atoms with van der Waals surface area (Å²) >= 11 is 0. The van der Waals surface area contributed by atoms with Crippen LogP contribution in [0.1, 0.15) is 17.5 Å². The lowest BCUT2D eigenvalue weighted by Gasteiger charge is -2.34. The van der Waals surface area contributed by atoms with E-state index < -0.39 is 0 Å². The topological polar surface area (TPSA) is 70.6 Å². The molecule has 7 nitrogen and oxygen atoms in total. The third kappa shape index (κ3) is 4.54. The van der Waals surface area contributed by atoms with Crippen molar-refractivity contribution in [3.05, 3.63) is 47.8 Å². The Labute approximate surface area is 159 Å². The molecule has 4 rings (SSSR count). The van der Waals surface area contributed by atoms with Crippen molar-refractivity contribution in [3.8, 4) is 5.75 Å². The Hall–Kier alpha value is -2.67. The van der Waals surface area contributed by atoms with Crippen molar-refractivity contribution in [1.82, 2.24) is 20.2 Å². The first-order chi connectivity index (χ1) is 13.3. The molecule has 0 bridgehead atoms.